The van der Waals surface area contributed by atoms with Crippen molar-refractivity contribution >= 4 is 17.7 Å². The van der Waals surface area contributed by atoms with Crippen molar-refractivity contribution in [2.45, 2.75) is 25.7 Å². The summed E-state index contributed by atoms with van der Waals surface area (Å²) in [5.41, 5.74) is 1.19. The molecule has 1 aliphatic heterocycles. The minimum Gasteiger partial charge on any atom is -0.484 e. The topological polar surface area (TPSA) is 83.9 Å². The van der Waals surface area contributed by atoms with Crippen LogP contribution in [-0.4, -0.2) is 47.4 Å². The minimum absolute atomic E-state index is 0.0612. The summed E-state index contributed by atoms with van der Waals surface area (Å²) in [6.07, 6.45) is 2.56. The van der Waals surface area contributed by atoms with Crippen molar-refractivity contribution in [1.82, 2.24) is 4.90 Å². The summed E-state index contributed by atoms with van der Waals surface area (Å²) in [6.45, 7) is 1.19. The van der Waals surface area contributed by atoms with Crippen LogP contribution in [0.2, 0.25) is 0 Å². The maximum Gasteiger partial charge on any atom is 0.303 e. The lowest BCUT2D eigenvalue weighted by Crippen LogP contribution is -2.42. The average Bonchev–Trinajstić information content (AvgIpc) is 2.76. The van der Waals surface area contributed by atoms with E-state index >= 15 is 0 Å². The van der Waals surface area contributed by atoms with Crippen LogP contribution < -0.4 is 4.74 Å². The number of carbonyl (C=O) groups is 3. The molecule has 2 aromatic rings. The molecule has 1 saturated heterocycles. The van der Waals surface area contributed by atoms with Crippen LogP contribution in [0.1, 0.15) is 41.6 Å². The van der Waals surface area contributed by atoms with Crippen molar-refractivity contribution in [2.75, 3.05) is 19.7 Å². The molecular weight excluding hydrogens is 370 g/mol. The zero-order chi connectivity index (χ0) is 20.6. The molecule has 0 spiro atoms. The van der Waals surface area contributed by atoms with Crippen molar-refractivity contribution in [1.29, 1.82) is 0 Å². The molecule has 0 aromatic heterocycles. The van der Waals surface area contributed by atoms with E-state index in [0.29, 0.717) is 36.4 Å². The van der Waals surface area contributed by atoms with Crippen molar-refractivity contribution in [3.63, 3.8) is 0 Å². The molecule has 1 amide bonds. The van der Waals surface area contributed by atoms with E-state index < -0.39 is 5.97 Å². The monoisotopic (exact) mass is 395 g/mol. The number of nitrogens with zero attached hydrogens (tertiary/aromatic N) is 1. The maximum absolute atomic E-state index is 12.4. The molecule has 152 valence electrons. The second-order valence-electron chi connectivity index (χ2n) is 7.29. The molecule has 1 N–H and O–H groups in total. The van der Waals surface area contributed by atoms with Gasteiger partial charge in [-0.25, -0.2) is 0 Å². The third-order valence-corrected chi connectivity index (χ3v) is 5.15. The van der Waals surface area contributed by atoms with Gasteiger partial charge in [-0.15, -0.1) is 0 Å². The Morgan fingerprint density at radius 1 is 1.00 bits per heavy atom. The Bertz CT molecular complexity index is 847. The van der Waals surface area contributed by atoms with Crippen LogP contribution in [0, 0.1) is 5.92 Å². The van der Waals surface area contributed by atoms with Gasteiger partial charge < -0.3 is 14.7 Å². The molecule has 2 aromatic carbocycles. The minimum atomic E-state index is -0.800. The lowest BCUT2D eigenvalue weighted by Gasteiger charge is -2.32. The van der Waals surface area contributed by atoms with E-state index in [-0.39, 0.29) is 30.6 Å². The van der Waals surface area contributed by atoms with E-state index in [2.05, 4.69) is 0 Å². The largest absolute Gasteiger partial charge is 0.484 e. The molecule has 1 atom stereocenters. The Labute approximate surface area is 170 Å². The molecule has 1 fully saturated rings. The third-order valence-electron chi connectivity index (χ3n) is 5.15. The first-order valence-electron chi connectivity index (χ1n) is 9.85. The maximum atomic E-state index is 12.4. The van der Waals surface area contributed by atoms with Crippen LogP contribution in [0.15, 0.2) is 54.6 Å². The summed E-state index contributed by atoms with van der Waals surface area (Å²) >= 11 is 0. The number of ketones is 1. The van der Waals surface area contributed by atoms with Crippen molar-refractivity contribution in [2.24, 2.45) is 5.92 Å². The SMILES string of the molecule is O=C(O)CCC1CCCN(C(=O)COc2ccc(C(=O)c3ccccc3)cc2)C1. The van der Waals surface area contributed by atoms with Crippen molar-refractivity contribution < 1.29 is 24.2 Å². The van der Waals surface area contributed by atoms with Crippen LogP contribution in [0.4, 0.5) is 0 Å². The van der Waals surface area contributed by atoms with Crippen molar-refractivity contribution in [3.05, 3.63) is 65.7 Å². The summed E-state index contributed by atoms with van der Waals surface area (Å²) in [6, 6.07) is 15.8. The summed E-state index contributed by atoms with van der Waals surface area (Å²) in [4.78, 5) is 37.4. The van der Waals surface area contributed by atoms with E-state index in [1.807, 2.05) is 18.2 Å². The molecule has 0 saturated carbocycles. The number of hydrogen-bond acceptors (Lipinski definition) is 4. The highest BCUT2D eigenvalue weighted by Crippen LogP contribution is 2.21. The van der Waals surface area contributed by atoms with E-state index in [1.165, 1.54) is 0 Å². The standard InChI is InChI=1S/C23H25NO5/c25-21(24-14-4-5-17(15-24)8-13-22(26)27)16-29-20-11-9-19(10-12-20)23(28)18-6-2-1-3-7-18/h1-3,6-7,9-12,17H,4-5,8,13-16H2,(H,26,27). The molecule has 6 nitrogen and oxygen atoms in total. The molecule has 0 radical (unpaired) electrons. The Kier molecular flexibility index (Phi) is 7.00. The molecule has 0 bridgehead atoms. The number of carbonyl (C=O) groups excluding carboxylic acids is 2. The fraction of sp³-hybridized carbons (Fsp3) is 0.348. The van der Waals surface area contributed by atoms with Gasteiger partial charge in [0.2, 0.25) is 0 Å². The van der Waals surface area contributed by atoms with Gasteiger partial charge in [0.1, 0.15) is 5.75 Å². The van der Waals surface area contributed by atoms with Crippen LogP contribution in [0.5, 0.6) is 5.75 Å². The Morgan fingerprint density at radius 3 is 2.38 bits per heavy atom. The van der Waals surface area contributed by atoms with Crippen molar-refractivity contribution in [3.8, 4) is 5.75 Å². The Morgan fingerprint density at radius 2 is 1.69 bits per heavy atom. The lowest BCUT2D eigenvalue weighted by atomic mass is 9.93. The Balaban J connectivity index is 1.50. The van der Waals surface area contributed by atoms with Crippen LogP contribution in [0.25, 0.3) is 0 Å². The van der Waals surface area contributed by atoms with E-state index in [0.717, 1.165) is 12.8 Å². The summed E-state index contributed by atoms with van der Waals surface area (Å²) in [7, 11) is 0. The highest BCUT2D eigenvalue weighted by molar-refractivity contribution is 6.08. The summed E-state index contributed by atoms with van der Waals surface area (Å²) in [5.74, 6) is -0.205. The van der Waals surface area contributed by atoms with E-state index in [9.17, 15) is 14.4 Å². The Hall–Kier alpha value is -3.15. The highest BCUT2D eigenvalue weighted by Gasteiger charge is 2.24. The summed E-state index contributed by atoms with van der Waals surface area (Å²) in [5, 5.41) is 8.83. The second kappa shape index (κ2) is 9.87. The molecule has 29 heavy (non-hydrogen) atoms. The first kappa shape index (κ1) is 20.6. The number of aliphatic carboxylic acids is 1. The van der Waals surface area contributed by atoms with Gasteiger partial charge in [0.15, 0.2) is 12.4 Å². The van der Waals surface area contributed by atoms with Gasteiger partial charge in [0.05, 0.1) is 0 Å². The molecule has 1 unspecified atom stereocenters. The van der Waals surface area contributed by atoms with Gasteiger partial charge >= 0.3 is 5.97 Å². The number of carboxylic acid groups (broad SMARTS) is 1. The number of likely N-dealkylation sites (tertiary alicyclic amines) is 1. The number of rotatable bonds is 8. The number of carboxylic acids is 1. The van der Waals surface area contributed by atoms with E-state index in [4.69, 9.17) is 9.84 Å². The predicted molar refractivity (Wildman–Crippen MR) is 108 cm³/mol. The van der Waals surface area contributed by atoms with Crippen LogP contribution in [0.3, 0.4) is 0 Å². The third kappa shape index (κ3) is 5.91. The molecule has 6 heteroatoms. The first-order valence-corrected chi connectivity index (χ1v) is 9.85. The zero-order valence-corrected chi connectivity index (χ0v) is 16.3. The zero-order valence-electron chi connectivity index (χ0n) is 16.3. The predicted octanol–water partition coefficient (Wildman–Crippen LogP) is 3.40. The molecule has 1 aliphatic rings. The summed E-state index contributed by atoms with van der Waals surface area (Å²) < 4.78 is 5.60. The van der Waals surface area contributed by atoms with Crippen LogP contribution >= 0.6 is 0 Å². The molecule has 0 aliphatic carbocycles. The van der Waals surface area contributed by atoms with Gasteiger partial charge in [-0.2, -0.15) is 0 Å². The highest BCUT2D eigenvalue weighted by atomic mass is 16.5. The molecular formula is C23H25NO5. The fourth-order valence-corrected chi connectivity index (χ4v) is 3.55. The number of ether oxygens (including phenoxy) is 1. The normalized spacial score (nSPS) is 16.3. The molecule has 1 heterocycles. The van der Waals surface area contributed by atoms with Gasteiger partial charge in [-0.05, 0) is 49.4 Å². The van der Waals surface area contributed by atoms with Crippen LogP contribution in [-0.2, 0) is 9.59 Å². The number of hydrogen-bond donors (Lipinski definition) is 1. The molecule has 3 rings (SSSR count). The quantitative estimate of drug-likeness (QED) is 0.693. The fourth-order valence-electron chi connectivity index (χ4n) is 3.55. The lowest BCUT2D eigenvalue weighted by molar-refractivity contribution is -0.137. The first-order chi connectivity index (χ1) is 14.0. The second-order valence-corrected chi connectivity index (χ2v) is 7.29. The van der Waals surface area contributed by atoms with E-state index in [1.54, 1.807) is 41.3 Å². The number of piperidine rings is 1. The van der Waals surface area contributed by atoms with Gasteiger partial charge in [0.25, 0.3) is 5.91 Å². The number of benzene rings is 2. The average molecular weight is 395 g/mol. The smallest absolute Gasteiger partial charge is 0.303 e. The van der Waals surface area contributed by atoms with Gasteiger partial charge in [-0.3, -0.25) is 14.4 Å². The van der Waals surface area contributed by atoms with Gasteiger partial charge in [0, 0.05) is 30.6 Å². The van der Waals surface area contributed by atoms with Gasteiger partial charge in [-0.1, -0.05) is 30.3 Å². The number of amides is 1.